The molecular formula is C15H17BrN2O. The third-order valence-corrected chi connectivity index (χ3v) is 5.38. The maximum Gasteiger partial charge on any atom is 0.207 e. The molecular weight excluding hydrogens is 304 g/mol. The Labute approximate surface area is 120 Å². The van der Waals surface area contributed by atoms with Crippen molar-refractivity contribution in [1.29, 1.82) is 0 Å². The molecule has 1 aromatic carbocycles. The zero-order valence-corrected chi connectivity index (χ0v) is 12.4. The number of aromatic nitrogens is 2. The van der Waals surface area contributed by atoms with Gasteiger partial charge in [-0.05, 0) is 30.4 Å². The SMILES string of the molecule is O=c1cnn(CC2(CBr)CCCC2)c2ccccc12. The average molecular weight is 321 g/mol. The highest BCUT2D eigenvalue weighted by molar-refractivity contribution is 9.09. The first-order valence-electron chi connectivity index (χ1n) is 6.75. The highest BCUT2D eigenvalue weighted by atomic mass is 79.9. The maximum atomic E-state index is 11.8. The molecule has 0 spiro atoms. The largest absolute Gasteiger partial charge is 0.287 e. The number of fused-ring (bicyclic) bond motifs is 1. The van der Waals surface area contributed by atoms with Crippen LogP contribution in [-0.2, 0) is 6.54 Å². The predicted octanol–water partition coefficient (Wildman–Crippen LogP) is 3.35. The molecule has 3 nitrogen and oxygen atoms in total. The van der Waals surface area contributed by atoms with Crippen LogP contribution in [0.4, 0.5) is 0 Å². The van der Waals surface area contributed by atoms with Gasteiger partial charge in [0.05, 0.1) is 11.7 Å². The Morgan fingerprint density at radius 2 is 2.00 bits per heavy atom. The minimum atomic E-state index is 0.00571. The molecule has 100 valence electrons. The van der Waals surface area contributed by atoms with E-state index in [9.17, 15) is 4.79 Å². The van der Waals surface area contributed by atoms with E-state index in [2.05, 4.69) is 21.0 Å². The maximum absolute atomic E-state index is 11.8. The second-order valence-corrected chi connectivity index (χ2v) is 6.09. The van der Waals surface area contributed by atoms with Gasteiger partial charge in [-0.25, -0.2) is 0 Å². The van der Waals surface area contributed by atoms with Gasteiger partial charge >= 0.3 is 0 Å². The van der Waals surface area contributed by atoms with E-state index < -0.39 is 0 Å². The normalized spacial score (nSPS) is 17.9. The van der Waals surface area contributed by atoms with Crippen molar-refractivity contribution in [2.24, 2.45) is 5.41 Å². The van der Waals surface area contributed by atoms with Gasteiger partial charge in [0.25, 0.3) is 0 Å². The van der Waals surface area contributed by atoms with Gasteiger partial charge in [-0.15, -0.1) is 0 Å². The summed E-state index contributed by atoms with van der Waals surface area (Å²) >= 11 is 3.67. The molecule has 19 heavy (non-hydrogen) atoms. The van der Waals surface area contributed by atoms with Crippen molar-refractivity contribution in [3.63, 3.8) is 0 Å². The third-order valence-electron chi connectivity index (χ3n) is 4.19. The monoisotopic (exact) mass is 320 g/mol. The van der Waals surface area contributed by atoms with Crippen LogP contribution >= 0.6 is 15.9 Å². The van der Waals surface area contributed by atoms with Crippen LogP contribution in [0.25, 0.3) is 10.9 Å². The van der Waals surface area contributed by atoms with E-state index in [1.807, 2.05) is 28.9 Å². The molecule has 0 unspecified atom stereocenters. The number of rotatable bonds is 3. The molecule has 0 atom stereocenters. The topological polar surface area (TPSA) is 34.9 Å². The zero-order chi connectivity index (χ0) is 13.3. The Hall–Kier alpha value is -1.16. The van der Waals surface area contributed by atoms with E-state index in [-0.39, 0.29) is 5.43 Å². The van der Waals surface area contributed by atoms with Crippen LogP contribution < -0.4 is 5.43 Å². The number of alkyl halides is 1. The smallest absolute Gasteiger partial charge is 0.207 e. The van der Waals surface area contributed by atoms with Gasteiger partial charge in [0.15, 0.2) is 0 Å². The molecule has 0 bridgehead atoms. The van der Waals surface area contributed by atoms with Gasteiger partial charge in [0.2, 0.25) is 5.43 Å². The third kappa shape index (κ3) is 2.34. The Morgan fingerprint density at radius 3 is 2.74 bits per heavy atom. The first kappa shape index (κ1) is 12.9. The first-order valence-corrected chi connectivity index (χ1v) is 7.87. The minimum absolute atomic E-state index is 0.00571. The van der Waals surface area contributed by atoms with Crippen LogP contribution in [0, 0.1) is 5.41 Å². The second kappa shape index (κ2) is 5.08. The Balaban J connectivity index is 2.06. The summed E-state index contributed by atoms with van der Waals surface area (Å²) in [6.45, 7) is 0.888. The van der Waals surface area contributed by atoms with E-state index in [0.29, 0.717) is 5.41 Å². The molecule has 1 aliphatic carbocycles. The van der Waals surface area contributed by atoms with Gasteiger partial charge in [-0.2, -0.15) is 5.10 Å². The molecule has 1 saturated carbocycles. The predicted molar refractivity (Wildman–Crippen MR) is 80.7 cm³/mol. The molecule has 0 aliphatic heterocycles. The number of para-hydroxylation sites is 1. The number of halogens is 1. The van der Waals surface area contributed by atoms with Crippen LogP contribution in [0.5, 0.6) is 0 Å². The first-order chi connectivity index (χ1) is 9.24. The van der Waals surface area contributed by atoms with E-state index in [0.717, 1.165) is 22.8 Å². The van der Waals surface area contributed by atoms with Crippen molar-refractivity contribution >= 4 is 26.8 Å². The minimum Gasteiger partial charge on any atom is -0.287 e. The fraction of sp³-hybridized carbons (Fsp3) is 0.467. The van der Waals surface area contributed by atoms with E-state index in [1.165, 1.54) is 31.9 Å². The quantitative estimate of drug-likeness (QED) is 0.813. The molecule has 2 aromatic rings. The molecule has 1 fully saturated rings. The molecule has 1 aliphatic rings. The van der Waals surface area contributed by atoms with Crippen LogP contribution in [0.2, 0.25) is 0 Å². The van der Waals surface area contributed by atoms with Crippen LogP contribution in [0.15, 0.2) is 35.3 Å². The van der Waals surface area contributed by atoms with Crippen molar-refractivity contribution < 1.29 is 0 Å². The summed E-state index contributed by atoms with van der Waals surface area (Å²) in [6.07, 6.45) is 6.51. The molecule has 1 heterocycles. The van der Waals surface area contributed by atoms with Crippen molar-refractivity contribution in [2.75, 3.05) is 5.33 Å². The molecule has 0 amide bonds. The van der Waals surface area contributed by atoms with E-state index in [1.54, 1.807) is 0 Å². The summed E-state index contributed by atoms with van der Waals surface area (Å²) in [5, 5.41) is 6.11. The molecule has 4 heteroatoms. The molecule has 1 aromatic heterocycles. The van der Waals surface area contributed by atoms with Gasteiger partial charge in [0, 0.05) is 17.3 Å². The van der Waals surface area contributed by atoms with Crippen molar-refractivity contribution in [2.45, 2.75) is 32.2 Å². The van der Waals surface area contributed by atoms with Crippen LogP contribution in [-0.4, -0.2) is 15.1 Å². The fourth-order valence-electron chi connectivity index (χ4n) is 3.06. The summed E-state index contributed by atoms with van der Waals surface area (Å²) in [4.78, 5) is 11.8. The highest BCUT2D eigenvalue weighted by Gasteiger charge is 2.33. The van der Waals surface area contributed by atoms with Crippen LogP contribution in [0.3, 0.4) is 0 Å². The summed E-state index contributed by atoms with van der Waals surface area (Å²) in [5.41, 5.74) is 1.25. The lowest BCUT2D eigenvalue weighted by atomic mass is 9.89. The Kier molecular flexibility index (Phi) is 3.44. The zero-order valence-electron chi connectivity index (χ0n) is 10.8. The van der Waals surface area contributed by atoms with Crippen molar-refractivity contribution in [3.8, 4) is 0 Å². The summed E-state index contributed by atoms with van der Waals surface area (Å²) in [5.74, 6) is 0. The van der Waals surface area contributed by atoms with E-state index in [4.69, 9.17) is 0 Å². The summed E-state index contributed by atoms with van der Waals surface area (Å²) in [7, 11) is 0. The molecule has 0 radical (unpaired) electrons. The van der Waals surface area contributed by atoms with Crippen LogP contribution in [0.1, 0.15) is 25.7 Å². The Morgan fingerprint density at radius 1 is 1.26 bits per heavy atom. The number of nitrogens with zero attached hydrogens (tertiary/aromatic N) is 2. The number of hydrogen-bond acceptors (Lipinski definition) is 2. The van der Waals surface area contributed by atoms with Gasteiger partial charge in [0.1, 0.15) is 0 Å². The van der Waals surface area contributed by atoms with Gasteiger partial charge in [-0.1, -0.05) is 40.9 Å². The highest BCUT2D eigenvalue weighted by Crippen LogP contribution is 2.41. The standard InChI is InChI=1S/C15H17BrN2O/c16-10-15(7-3-4-8-15)11-18-13-6-2-1-5-12(13)14(19)9-17-18/h1-2,5-6,9H,3-4,7-8,10-11H2. The van der Waals surface area contributed by atoms with Gasteiger partial charge in [-0.3, -0.25) is 9.48 Å². The van der Waals surface area contributed by atoms with Crippen molar-refractivity contribution in [3.05, 3.63) is 40.7 Å². The molecule has 0 saturated heterocycles. The second-order valence-electron chi connectivity index (χ2n) is 5.52. The molecule has 3 rings (SSSR count). The summed E-state index contributed by atoms with van der Waals surface area (Å²) in [6, 6.07) is 7.74. The van der Waals surface area contributed by atoms with E-state index >= 15 is 0 Å². The Bertz CT molecular complexity index is 644. The fourth-order valence-corrected chi connectivity index (χ4v) is 3.80. The lowest BCUT2D eigenvalue weighted by molar-refractivity contribution is 0.281. The number of hydrogen-bond donors (Lipinski definition) is 0. The lowest BCUT2D eigenvalue weighted by Gasteiger charge is -2.27. The average Bonchev–Trinajstić information content (AvgIpc) is 2.92. The van der Waals surface area contributed by atoms with Gasteiger partial charge < -0.3 is 0 Å². The molecule has 0 N–H and O–H groups in total. The number of benzene rings is 1. The van der Waals surface area contributed by atoms with Crippen molar-refractivity contribution in [1.82, 2.24) is 9.78 Å². The summed E-state index contributed by atoms with van der Waals surface area (Å²) < 4.78 is 2.00. The lowest BCUT2D eigenvalue weighted by Crippen LogP contribution is -2.27.